The van der Waals surface area contributed by atoms with Gasteiger partial charge >= 0.3 is 127 Å². The summed E-state index contributed by atoms with van der Waals surface area (Å²) < 4.78 is 2.87. The average molecular weight is 653 g/mol. The molecule has 1 aliphatic rings. The van der Waals surface area contributed by atoms with Crippen molar-refractivity contribution in [1.82, 2.24) is 0 Å². The fourth-order valence-corrected chi connectivity index (χ4v) is 25.4. The number of hydrogen-bond donors (Lipinski definition) is 1. The Balaban J connectivity index is 2.74. The number of carboxylic acid groups (broad SMARTS) is 1. The van der Waals surface area contributed by atoms with Gasteiger partial charge in [0.15, 0.2) is 0 Å². The first-order valence-electron chi connectivity index (χ1n) is 3.91. The number of aliphatic carboxylic acids is 1. The van der Waals surface area contributed by atoms with Crippen LogP contribution in [0.1, 0.15) is 5.56 Å². The molecule has 0 aliphatic carbocycles. The van der Waals surface area contributed by atoms with Crippen LogP contribution in [0.4, 0.5) is 0 Å². The van der Waals surface area contributed by atoms with Crippen LogP contribution in [0, 0.1) is 0 Å². The fourth-order valence-electron chi connectivity index (χ4n) is 1.42. The molecule has 1 heterocycles. The maximum atomic E-state index is 11.3. The van der Waals surface area contributed by atoms with E-state index in [1.165, 1.54) is 3.61 Å². The van der Waals surface area contributed by atoms with E-state index in [4.69, 9.17) is 0 Å². The van der Waals surface area contributed by atoms with E-state index in [2.05, 4.69) is 66.0 Å². The SMILES string of the molecule is O=C(O)C1=C(I)c2ccccc2[Te]1(I)I. The van der Waals surface area contributed by atoms with Crippen LogP contribution in [0.3, 0.4) is 0 Å². The zero-order valence-electron chi connectivity index (χ0n) is 7.21. The van der Waals surface area contributed by atoms with Crippen molar-refractivity contribution in [2.24, 2.45) is 0 Å². The van der Waals surface area contributed by atoms with Crippen molar-refractivity contribution in [1.29, 1.82) is 0 Å². The van der Waals surface area contributed by atoms with Crippen LogP contribution in [0.25, 0.3) is 3.58 Å². The number of hydrogen-bond acceptors (Lipinski definition) is 1. The third-order valence-corrected chi connectivity index (χ3v) is 21.7. The van der Waals surface area contributed by atoms with Crippen LogP contribution < -0.4 is 3.61 Å². The van der Waals surface area contributed by atoms with Gasteiger partial charge in [0.25, 0.3) is 0 Å². The van der Waals surface area contributed by atoms with Crippen molar-refractivity contribution >= 4 is 83.4 Å². The van der Waals surface area contributed by atoms with Crippen molar-refractivity contribution in [2.45, 2.75) is 0 Å². The minimum absolute atomic E-state index is 0.667. The molecule has 0 radical (unpaired) electrons. The Kier molecular flexibility index (Phi) is 3.93. The monoisotopic (exact) mass is 656 g/mol. The molecule has 0 bridgehead atoms. The molecule has 0 atom stereocenters. The average Bonchev–Trinajstić information content (AvgIpc) is 2.36. The topological polar surface area (TPSA) is 37.3 Å². The number of benzene rings is 1. The molecule has 0 saturated heterocycles. The van der Waals surface area contributed by atoms with E-state index in [1.54, 1.807) is 0 Å². The summed E-state index contributed by atoms with van der Waals surface area (Å²) in [4.78, 5) is 11.3. The van der Waals surface area contributed by atoms with Gasteiger partial charge in [0, 0.05) is 0 Å². The Morgan fingerprint density at radius 1 is 1.27 bits per heavy atom. The molecule has 6 heteroatoms. The molecule has 0 amide bonds. The van der Waals surface area contributed by atoms with E-state index in [0.29, 0.717) is 3.62 Å². The van der Waals surface area contributed by atoms with E-state index in [9.17, 15) is 9.90 Å². The van der Waals surface area contributed by atoms with Crippen LogP contribution in [-0.4, -0.2) is 21.4 Å². The second-order valence-electron chi connectivity index (χ2n) is 2.91. The van der Waals surface area contributed by atoms with Gasteiger partial charge in [-0.1, -0.05) is 0 Å². The van der Waals surface area contributed by atoms with Gasteiger partial charge in [-0.25, -0.2) is 0 Å². The standard InChI is InChI=1S/C9H5I3O2Te/c10-7-5-3-1-2-4-6(5)15(11,12)8(7)9(13)14/h1-4H,(H,13,14). The summed E-state index contributed by atoms with van der Waals surface area (Å²) in [5.74, 6) is -0.749. The predicted molar refractivity (Wildman–Crippen MR) is 88.4 cm³/mol. The quantitative estimate of drug-likeness (QED) is 0.374. The van der Waals surface area contributed by atoms with E-state index < -0.39 is 16.3 Å². The Labute approximate surface area is 124 Å². The molecule has 2 nitrogen and oxygen atoms in total. The molecule has 1 aliphatic heterocycles. The molecule has 1 aromatic rings. The van der Waals surface area contributed by atoms with Gasteiger partial charge in [-0.05, 0) is 0 Å². The summed E-state index contributed by atoms with van der Waals surface area (Å²) >= 11 is 6.93. The van der Waals surface area contributed by atoms with Crippen molar-refractivity contribution in [3.8, 4) is 0 Å². The summed E-state index contributed by atoms with van der Waals surface area (Å²) in [7, 11) is -2.58. The molecule has 2 rings (SSSR count). The summed E-state index contributed by atoms with van der Waals surface area (Å²) in [5.41, 5.74) is 1.13. The van der Waals surface area contributed by atoms with Crippen LogP contribution in [-0.2, 0) is 4.79 Å². The molecule has 15 heavy (non-hydrogen) atoms. The molecule has 0 saturated carbocycles. The van der Waals surface area contributed by atoms with Crippen LogP contribution >= 0.6 is 60.0 Å². The summed E-state index contributed by atoms with van der Waals surface area (Å²) in [6.07, 6.45) is 0. The third-order valence-electron chi connectivity index (χ3n) is 2.05. The molecule has 0 fully saturated rings. The number of halogens is 3. The normalized spacial score (nSPS) is 19.9. The summed E-state index contributed by atoms with van der Waals surface area (Å²) in [6.45, 7) is 0. The second kappa shape index (κ2) is 4.59. The van der Waals surface area contributed by atoms with Crippen molar-refractivity contribution < 1.29 is 9.90 Å². The number of fused-ring (bicyclic) bond motifs is 1. The van der Waals surface area contributed by atoms with Crippen LogP contribution in [0.5, 0.6) is 0 Å². The molecular formula is C9H5I3O2Te. The first kappa shape index (κ1) is 12.9. The van der Waals surface area contributed by atoms with Crippen molar-refractivity contribution in [3.63, 3.8) is 0 Å². The first-order chi connectivity index (χ1) is 6.96. The molecule has 0 spiro atoms. The Morgan fingerprint density at radius 3 is 2.40 bits per heavy atom. The molecule has 0 aromatic heterocycles. The zero-order chi connectivity index (χ0) is 11.2. The Hall–Kier alpha value is 1.41. The number of carbonyl (C=O) groups is 1. The van der Waals surface area contributed by atoms with Crippen LogP contribution in [0.2, 0.25) is 0 Å². The van der Waals surface area contributed by atoms with E-state index in [1.807, 2.05) is 18.2 Å². The molecular weight excluding hydrogens is 648 g/mol. The number of carboxylic acids is 1. The van der Waals surface area contributed by atoms with E-state index in [-0.39, 0.29) is 0 Å². The van der Waals surface area contributed by atoms with Crippen molar-refractivity contribution in [2.75, 3.05) is 0 Å². The fraction of sp³-hybridized carbons (Fsp3) is 0. The van der Waals surface area contributed by atoms with Gasteiger partial charge in [-0.3, -0.25) is 0 Å². The Bertz CT molecular complexity index is 482. The number of rotatable bonds is 1. The summed E-state index contributed by atoms with van der Waals surface area (Å²) in [5, 5.41) is 9.27. The van der Waals surface area contributed by atoms with Gasteiger partial charge in [-0.15, -0.1) is 0 Å². The maximum absolute atomic E-state index is 11.3. The van der Waals surface area contributed by atoms with Gasteiger partial charge in [0.05, 0.1) is 0 Å². The molecule has 80 valence electrons. The second-order valence-corrected chi connectivity index (χ2v) is 38.1. The van der Waals surface area contributed by atoms with E-state index in [0.717, 1.165) is 9.14 Å². The third kappa shape index (κ3) is 2.09. The molecule has 1 aromatic carbocycles. The summed E-state index contributed by atoms with van der Waals surface area (Å²) in [6, 6.07) is 8.05. The molecule has 0 unspecified atom stereocenters. The van der Waals surface area contributed by atoms with Gasteiger partial charge in [-0.2, -0.15) is 0 Å². The van der Waals surface area contributed by atoms with Gasteiger partial charge in [0.2, 0.25) is 0 Å². The molecule has 1 N–H and O–H groups in total. The van der Waals surface area contributed by atoms with Crippen molar-refractivity contribution in [3.05, 3.63) is 33.4 Å². The van der Waals surface area contributed by atoms with Crippen LogP contribution in [0.15, 0.2) is 27.9 Å². The van der Waals surface area contributed by atoms with Gasteiger partial charge < -0.3 is 0 Å². The Morgan fingerprint density at radius 2 is 1.87 bits per heavy atom. The minimum atomic E-state index is -2.58. The van der Waals surface area contributed by atoms with Gasteiger partial charge in [0.1, 0.15) is 0 Å². The predicted octanol–water partition coefficient (Wildman–Crippen LogP) is 2.99. The first-order valence-corrected chi connectivity index (χ1v) is 20.9. The van der Waals surface area contributed by atoms with E-state index >= 15 is 0 Å². The zero-order valence-corrected chi connectivity index (χ0v) is 16.0.